The Hall–Kier alpha value is -1.98. The van der Waals surface area contributed by atoms with Crippen LogP contribution in [0, 0.1) is 17.6 Å². The lowest BCUT2D eigenvalue weighted by atomic mass is 9.98. The Morgan fingerprint density at radius 2 is 1.92 bits per heavy atom. The van der Waals surface area contributed by atoms with Crippen molar-refractivity contribution in [2.75, 3.05) is 13.2 Å². The van der Waals surface area contributed by atoms with Gasteiger partial charge in [-0.25, -0.2) is 13.2 Å². The van der Waals surface area contributed by atoms with Crippen LogP contribution in [0.1, 0.15) is 51.5 Å². The summed E-state index contributed by atoms with van der Waals surface area (Å²) in [7, 11) is 0. The quantitative estimate of drug-likeness (QED) is 0.384. The van der Waals surface area contributed by atoms with Crippen LogP contribution in [-0.2, 0) is 4.74 Å². The van der Waals surface area contributed by atoms with Gasteiger partial charge >= 0.3 is 0 Å². The molecule has 1 aliphatic heterocycles. The van der Waals surface area contributed by atoms with E-state index < -0.39 is 34.8 Å². The summed E-state index contributed by atoms with van der Waals surface area (Å²) in [4.78, 5) is 0. The second kappa shape index (κ2) is 9.64. The molecule has 26 heavy (non-hydrogen) atoms. The van der Waals surface area contributed by atoms with Crippen LogP contribution in [0.25, 0.3) is 5.83 Å². The average Bonchev–Trinajstić information content (AvgIpc) is 2.65. The number of hydrogen-bond donors (Lipinski definition) is 0. The molecule has 1 unspecified atom stereocenters. The Balaban J connectivity index is 2.14. The van der Waals surface area contributed by atoms with Crippen LogP contribution in [0.4, 0.5) is 17.6 Å². The molecule has 0 fully saturated rings. The van der Waals surface area contributed by atoms with Crippen molar-refractivity contribution in [2.45, 2.75) is 46.0 Å². The second-order valence-electron chi connectivity index (χ2n) is 6.21. The van der Waals surface area contributed by atoms with Gasteiger partial charge in [0.05, 0.1) is 30.5 Å². The van der Waals surface area contributed by atoms with Crippen molar-refractivity contribution >= 4 is 5.83 Å². The lowest BCUT2D eigenvalue weighted by molar-refractivity contribution is 0.141. The highest BCUT2D eigenvalue weighted by Crippen LogP contribution is 2.35. The molecule has 0 spiro atoms. The van der Waals surface area contributed by atoms with E-state index in [4.69, 9.17) is 9.47 Å². The summed E-state index contributed by atoms with van der Waals surface area (Å²) in [6, 6.07) is 2.07. The molecule has 2 rings (SSSR count). The summed E-state index contributed by atoms with van der Waals surface area (Å²) < 4.78 is 67.2. The van der Waals surface area contributed by atoms with Gasteiger partial charge in [-0.05, 0) is 38.0 Å². The molecule has 0 aliphatic carbocycles. The monoisotopic (exact) mass is 372 g/mol. The number of unbranched alkanes of at least 4 members (excludes halogenated alkanes) is 2. The molecule has 1 aromatic rings. The number of allylic oxidation sites excluding steroid dienone is 2. The van der Waals surface area contributed by atoms with Gasteiger partial charge in [0.25, 0.3) is 0 Å². The highest BCUT2D eigenvalue weighted by atomic mass is 19.2. The van der Waals surface area contributed by atoms with Crippen molar-refractivity contribution in [3.05, 3.63) is 47.0 Å². The summed E-state index contributed by atoms with van der Waals surface area (Å²) in [5.41, 5.74) is -0.749. The fraction of sp³-hybridized carbons (Fsp3) is 0.500. The van der Waals surface area contributed by atoms with E-state index in [1.807, 2.05) is 0 Å². The van der Waals surface area contributed by atoms with Gasteiger partial charge in [0.2, 0.25) is 5.82 Å². The Kier molecular flexibility index (Phi) is 7.54. The topological polar surface area (TPSA) is 18.5 Å². The maximum atomic E-state index is 14.4. The molecule has 0 bridgehead atoms. The molecule has 0 amide bonds. The molecule has 1 aliphatic rings. The smallest absolute Gasteiger partial charge is 0.201 e. The molecule has 0 radical (unpaired) electrons. The first-order valence-electron chi connectivity index (χ1n) is 8.97. The molecule has 0 aromatic heterocycles. The lowest BCUT2D eigenvalue weighted by Gasteiger charge is -2.22. The van der Waals surface area contributed by atoms with Gasteiger partial charge in [-0.15, -0.1) is 0 Å². The lowest BCUT2D eigenvalue weighted by Crippen LogP contribution is -2.15. The fourth-order valence-corrected chi connectivity index (χ4v) is 2.78. The van der Waals surface area contributed by atoms with Crippen LogP contribution in [-0.4, -0.2) is 13.2 Å². The minimum atomic E-state index is -1.46. The van der Waals surface area contributed by atoms with E-state index in [1.165, 1.54) is 0 Å². The third kappa shape index (κ3) is 4.80. The third-order valence-corrected chi connectivity index (χ3v) is 4.28. The van der Waals surface area contributed by atoms with E-state index in [0.29, 0.717) is 0 Å². The van der Waals surface area contributed by atoms with Crippen molar-refractivity contribution in [3.8, 4) is 5.75 Å². The first-order chi connectivity index (χ1) is 12.5. The minimum Gasteiger partial charge on any atom is -0.498 e. The molecule has 1 aromatic carbocycles. The number of benzene rings is 1. The highest BCUT2D eigenvalue weighted by Gasteiger charge is 2.26. The van der Waals surface area contributed by atoms with Crippen molar-refractivity contribution in [1.82, 2.24) is 0 Å². The van der Waals surface area contributed by atoms with Gasteiger partial charge in [0.1, 0.15) is 5.83 Å². The number of halogens is 4. The summed E-state index contributed by atoms with van der Waals surface area (Å²) in [5.74, 6) is -5.72. The van der Waals surface area contributed by atoms with Gasteiger partial charge in [0, 0.05) is 6.42 Å². The van der Waals surface area contributed by atoms with Crippen molar-refractivity contribution in [3.63, 3.8) is 0 Å². The summed E-state index contributed by atoms with van der Waals surface area (Å²) in [5, 5.41) is 0. The SMILES string of the molecule is CCCCCC1=CCC(C(F)=C(F)c2ccc(OCC)c(F)c2F)CO1. The zero-order chi connectivity index (χ0) is 19.1. The van der Waals surface area contributed by atoms with Crippen LogP contribution >= 0.6 is 0 Å². The van der Waals surface area contributed by atoms with Crippen LogP contribution in [0.3, 0.4) is 0 Å². The van der Waals surface area contributed by atoms with Crippen LogP contribution in [0.15, 0.2) is 29.8 Å². The van der Waals surface area contributed by atoms with Crippen LogP contribution in [0.2, 0.25) is 0 Å². The molecule has 144 valence electrons. The van der Waals surface area contributed by atoms with Crippen molar-refractivity contribution in [2.24, 2.45) is 5.92 Å². The molecule has 0 N–H and O–H groups in total. The summed E-state index contributed by atoms with van der Waals surface area (Å²) in [6.45, 7) is 3.82. The number of ether oxygens (including phenoxy) is 2. The summed E-state index contributed by atoms with van der Waals surface area (Å²) in [6.07, 6.45) is 5.93. The molecule has 2 nitrogen and oxygen atoms in total. The van der Waals surface area contributed by atoms with E-state index in [2.05, 4.69) is 6.92 Å². The Morgan fingerprint density at radius 3 is 2.54 bits per heavy atom. The van der Waals surface area contributed by atoms with E-state index >= 15 is 0 Å². The Bertz CT molecular complexity index is 683. The van der Waals surface area contributed by atoms with E-state index in [-0.39, 0.29) is 25.4 Å². The fourth-order valence-electron chi connectivity index (χ4n) is 2.78. The molecule has 1 heterocycles. The zero-order valence-corrected chi connectivity index (χ0v) is 15.1. The van der Waals surface area contributed by atoms with E-state index in [0.717, 1.165) is 43.6 Å². The van der Waals surface area contributed by atoms with Gasteiger partial charge in [0.15, 0.2) is 17.4 Å². The molecule has 0 saturated heterocycles. The standard InChI is InChI=1S/C20H24F4O2/c1-3-5-6-7-14-9-8-13(12-26-14)17(21)18(22)15-10-11-16(25-4-2)20(24)19(15)23/h9-11,13H,3-8,12H2,1-2H3. The zero-order valence-electron chi connectivity index (χ0n) is 15.1. The van der Waals surface area contributed by atoms with Crippen molar-refractivity contribution in [1.29, 1.82) is 0 Å². The minimum absolute atomic E-state index is 0.0155. The van der Waals surface area contributed by atoms with Gasteiger partial charge < -0.3 is 9.47 Å². The maximum Gasteiger partial charge on any atom is 0.201 e. The van der Waals surface area contributed by atoms with Crippen LogP contribution in [0.5, 0.6) is 5.75 Å². The molecule has 6 heteroatoms. The van der Waals surface area contributed by atoms with Gasteiger partial charge in [-0.1, -0.05) is 19.8 Å². The van der Waals surface area contributed by atoms with E-state index in [9.17, 15) is 17.6 Å². The molecule has 1 atom stereocenters. The Morgan fingerprint density at radius 1 is 1.15 bits per heavy atom. The normalized spacial score (nSPS) is 18.1. The highest BCUT2D eigenvalue weighted by molar-refractivity contribution is 5.63. The van der Waals surface area contributed by atoms with Gasteiger partial charge in [-0.2, -0.15) is 4.39 Å². The van der Waals surface area contributed by atoms with Crippen LogP contribution < -0.4 is 4.74 Å². The number of rotatable bonds is 8. The predicted octanol–water partition coefficient (Wildman–Crippen LogP) is 6.47. The second-order valence-corrected chi connectivity index (χ2v) is 6.21. The van der Waals surface area contributed by atoms with Crippen molar-refractivity contribution < 1.29 is 27.0 Å². The molecule has 0 saturated carbocycles. The van der Waals surface area contributed by atoms with E-state index in [1.54, 1.807) is 13.0 Å². The average molecular weight is 372 g/mol. The first-order valence-corrected chi connectivity index (χ1v) is 8.97. The Labute approximate surface area is 151 Å². The maximum absolute atomic E-state index is 14.4. The largest absolute Gasteiger partial charge is 0.498 e. The summed E-state index contributed by atoms with van der Waals surface area (Å²) >= 11 is 0. The van der Waals surface area contributed by atoms with Gasteiger partial charge in [-0.3, -0.25) is 0 Å². The first kappa shape index (κ1) is 20.3. The molecular weight excluding hydrogens is 348 g/mol. The number of hydrogen-bond acceptors (Lipinski definition) is 2. The molecular formula is C20H24F4O2. The predicted molar refractivity (Wildman–Crippen MR) is 92.9 cm³/mol. The third-order valence-electron chi connectivity index (χ3n) is 4.28.